The van der Waals surface area contributed by atoms with E-state index in [0.717, 1.165) is 19.2 Å². The molecule has 0 spiro atoms. The first-order valence-corrected chi connectivity index (χ1v) is 6.99. The Hall–Kier alpha value is -2.83. The molecule has 7 heteroatoms. The van der Waals surface area contributed by atoms with Gasteiger partial charge in [0.05, 0.1) is 12.7 Å². The first-order valence-electron chi connectivity index (χ1n) is 6.99. The summed E-state index contributed by atoms with van der Waals surface area (Å²) < 4.78 is 44.8. The van der Waals surface area contributed by atoms with Gasteiger partial charge < -0.3 is 10.1 Å². The Morgan fingerprint density at radius 1 is 1.08 bits per heavy atom. The molecule has 0 fully saturated rings. The molecular weight excluding hydrogens is 323 g/mol. The minimum atomic E-state index is -1.22. The number of hydrogen-bond donors (Lipinski definition) is 1. The summed E-state index contributed by atoms with van der Waals surface area (Å²) in [5.41, 5.74) is -0.244. The number of amides is 1. The molecule has 0 aliphatic carbocycles. The number of ether oxygens (including phenoxy) is 1. The van der Waals surface area contributed by atoms with E-state index in [1.807, 2.05) is 0 Å². The lowest BCUT2D eigenvalue weighted by molar-refractivity contribution is -0.142. The van der Waals surface area contributed by atoms with Gasteiger partial charge in [0, 0.05) is 12.5 Å². The van der Waals surface area contributed by atoms with Gasteiger partial charge in [0.15, 0.2) is 0 Å². The second-order valence-corrected chi connectivity index (χ2v) is 4.97. The second-order valence-electron chi connectivity index (χ2n) is 4.97. The lowest BCUT2D eigenvalue weighted by Gasteiger charge is -2.17. The van der Waals surface area contributed by atoms with E-state index in [2.05, 4.69) is 10.1 Å². The van der Waals surface area contributed by atoms with E-state index in [4.69, 9.17) is 0 Å². The third-order valence-corrected chi connectivity index (χ3v) is 3.35. The van der Waals surface area contributed by atoms with Crippen molar-refractivity contribution in [2.45, 2.75) is 12.5 Å². The summed E-state index contributed by atoms with van der Waals surface area (Å²) in [4.78, 5) is 23.9. The number of esters is 1. The van der Waals surface area contributed by atoms with Crippen LogP contribution in [-0.2, 0) is 16.0 Å². The summed E-state index contributed by atoms with van der Waals surface area (Å²) in [6.07, 6.45) is -0.173. The van der Waals surface area contributed by atoms with E-state index in [1.165, 1.54) is 18.2 Å². The van der Waals surface area contributed by atoms with Gasteiger partial charge in [-0.25, -0.2) is 18.0 Å². The lowest BCUT2D eigenvalue weighted by Crippen LogP contribution is -2.43. The molecule has 0 aromatic heterocycles. The highest BCUT2D eigenvalue weighted by Crippen LogP contribution is 2.13. The van der Waals surface area contributed by atoms with Gasteiger partial charge in [0.1, 0.15) is 23.5 Å². The smallest absolute Gasteiger partial charge is 0.328 e. The fourth-order valence-corrected chi connectivity index (χ4v) is 2.13. The highest BCUT2D eigenvalue weighted by atomic mass is 19.1. The SMILES string of the molecule is COC(=O)[C@H](Cc1ccccc1F)NC(=O)c1ccc(F)cc1F. The van der Waals surface area contributed by atoms with Crippen LogP contribution in [0.25, 0.3) is 0 Å². The van der Waals surface area contributed by atoms with Gasteiger partial charge in [-0.2, -0.15) is 0 Å². The van der Waals surface area contributed by atoms with Crippen molar-refractivity contribution in [3.05, 3.63) is 71.0 Å². The number of hydrogen-bond acceptors (Lipinski definition) is 3. The molecule has 1 atom stereocenters. The molecule has 1 amide bonds. The molecule has 126 valence electrons. The van der Waals surface area contributed by atoms with Crippen LogP contribution in [0.15, 0.2) is 42.5 Å². The van der Waals surface area contributed by atoms with E-state index in [-0.39, 0.29) is 12.0 Å². The third-order valence-electron chi connectivity index (χ3n) is 3.35. The molecule has 1 N–H and O–H groups in total. The number of rotatable bonds is 5. The maximum absolute atomic E-state index is 13.7. The van der Waals surface area contributed by atoms with Crippen LogP contribution in [0.1, 0.15) is 15.9 Å². The van der Waals surface area contributed by atoms with E-state index in [0.29, 0.717) is 6.07 Å². The monoisotopic (exact) mass is 337 g/mol. The molecule has 2 rings (SSSR count). The molecule has 0 radical (unpaired) electrons. The van der Waals surface area contributed by atoms with Gasteiger partial charge in [0.25, 0.3) is 5.91 Å². The first kappa shape index (κ1) is 17.5. The van der Waals surface area contributed by atoms with Crippen molar-refractivity contribution in [2.75, 3.05) is 7.11 Å². The molecule has 2 aromatic carbocycles. The zero-order valence-corrected chi connectivity index (χ0v) is 12.7. The number of methoxy groups -OCH3 is 1. The zero-order valence-electron chi connectivity index (χ0n) is 12.7. The van der Waals surface area contributed by atoms with Crippen LogP contribution in [0.2, 0.25) is 0 Å². The highest BCUT2D eigenvalue weighted by molar-refractivity contribution is 5.97. The van der Waals surface area contributed by atoms with Gasteiger partial charge in [-0.1, -0.05) is 18.2 Å². The van der Waals surface area contributed by atoms with Gasteiger partial charge in [-0.15, -0.1) is 0 Å². The molecule has 2 aromatic rings. The molecular formula is C17H14F3NO3. The van der Waals surface area contributed by atoms with Crippen molar-refractivity contribution >= 4 is 11.9 Å². The largest absolute Gasteiger partial charge is 0.467 e. The van der Waals surface area contributed by atoms with Crippen LogP contribution in [0.4, 0.5) is 13.2 Å². The molecule has 24 heavy (non-hydrogen) atoms. The Bertz CT molecular complexity index is 764. The molecule has 0 bridgehead atoms. The maximum atomic E-state index is 13.7. The fourth-order valence-electron chi connectivity index (χ4n) is 2.13. The van der Waals surface area contributed by atoms with Crippen LogP contribution in [0, 0.1) is 17.5 Å². The van der Waals surface area contributed by atoms with Crippen molar-refractivity contribution in [1.82, 2.24) is 5.32 Å². The average Bonchev–Trinajstić information content (AvgIpc) is 2.55. The van der Waals surface area contributed by atoms with Crippen molar-refractivity contribution in [3.8, 4) is 0 Å². The van der Waals surface area contributed by atoms with Crippen LogP contribution < -0.4 is 5.32 Å². The lowest BCUT2D eigenvalue weighted by atomic mass is 10.0. The second kappa shape index (κ2) is 7.63. The fraction of sp³-hybridized carbons (Fsp3) is 0.176. The third kappa shape index (κ3) is 4.13. The summed E-state index contributed by atoms with van der Waals surface area (Å²) in [6.45, 7) is 0. The Labute approximate surface area is 136 Å². The average molecular weight is 337 g/mol. The topological polar surface area (TPSA) is 55.4 Å². The van der Waals surface area contributed by atoms with Crippen LogP contribution >= 0.6 is 0 Å². The van der Waals surface area contributed by atoms with E-state index >= 15 is 0 Å². The maximum Gasteiger partial charge on any atom is 0.328 e. The summed E-state index contributed by atoms with van der Waals surface area (Å²) in [5.74, 6) is -4.19. The number of halogens is 3. The van der Waals surface area contributed by atoms with Gasteiger partial charge in [0.2, 0.25) is 0 Å². The summed E-state index contributed by atoms with van der Waals surface area (Å²) >= 11 is 0. The molecule has 0 aliphatic rings. The van der Waals surface area contributed by atoms with Crippen molar-refractivity contribution in [3.63, 3.8) is 0 Å². The van der Waals surface area contributed by atoms with Crippen molar-refractivity contribution in [2.24, 2.45) is 0 Å². The number of carbonyl (C=O) groups is 2. The molecule has 0 saturated carbocycles. The van der Waals surface area contributed by atoms with Gasteiger partial charge in [-0.05, 0) is 23.8 Å². The summed E-state index contributed by atoms with van der Waals surface area (Å²) in [5, 5.41) is 2.28. The highest BCUT2D eigenvalue weighted by Gasteiger charge is 2.25. The molecule has 0 heterocycles. The summed E-state index contributed by atoms with van der Waals surface area (Å²) in [6, 6.07) is 6.94. The van der Waals surface area contributed by atoms with E-state index in [1.54, 1.807) is 6.07 Å². The first-order chi connectivity index (χ1) is 11.4. The van der Waals surface area contributed by atoms with Crippen molar-refractivity contribution in [1.29, 1.82) is 0 Å². The van der Waals surface area contributed by atoms with Gasteiger partial charge in [-0.3, -0.25) is 4.79 Å². The minimum absolute atomic E-state index is 0.173. The minimum Gasteiger partial charge on any atom is -0.467 e. The van der Waals surface area contributed by atoms with E-state index in [9.17, 15) is 22.8 Å². The Morgan fingerprint density at radius 2 is 1.79 bits per heavy atom. The number of nitrogens with one attached hydrogen (secondary N) is 1. The zero-order chi connectivity index (χ0) is 17.7. The van der Waals surface area contributed by atoms with Crippen LogP contribution in [0.5, 0.6) is 0 Å². The predicted molar refractivity (Wildman–Crippen MR) is 79.7 cm³/mol. The normalized spacial score (nSPS) is 11.7. The Kier molecular flexibility index (Phi) is 5.57. The van der Waals surface area contributed by atoms with Gasteiger partial charge >= 0.3 is 5.97 Å². The summed E-state index contributed by atoms with van der Waals surface area (Å²) in [7, 11) is 1.11. The standard InChI is InChI=1S/C17H14F3NO3/c1-24-17(23)15(8-10-4-2-3-5-13(10)19)21-16(22)12-7-6-11(18)9-14(12)20/h2-7,9,15H,8H2,1H3,(H,21,22)/t15-/m0/s1. The Balaban J connectivity index is 2.21. The van der Waals surface area contributed by atoms with E-state index < -0.39 is 40.9 Å². The van der Waals surface area contributed by atoms with Crippen LogP contribution in [-0.4, -0.2) is 25.0 Å². The molecule has 4 nitrogen and oxygen atoms in total. The number of carbonyl (C=O) groups excluding carboxylic acids is 2. The Morgan fingerprint density at radius 3 is 2.42 bits per heavy atom. The molecule has 0 unspecified atom stereocenters. The number of benzene rings is 2. The quantitative estimate of drug-likeness (QED) is 0.854. The predicted octanol–water partition coefficient (Wildman–Crippen LogP) is 2.62. The van der Waals surface area contributed by atoms with Crippen LogP contribution in [0.3, 0.4) is 0 Å². The molecule has 0 saturated heterocycles. The molecule has 0 aliphatic heterocycles. The van der Waals surface area contributed by atoms with Crippen molar-refractivity contribution < 1.29 is 27.5 Å².